The van der Waals surface area contributed by atoms with Gasteiger partial charge in [0.15, 0.2) is 0 Å². The second kappa shape index (κ2) is 10.1. The average Bonchev–Trinajstić information content (AvgIpc) is 2.73. The monoisotopic (exact) mass is 459 g/mol. The van der Waals surface area contributed by atoms with E-state index in [-0.39, 0.29) is 12.4 Å². The summed E-state index contributed by atoms with van der Waals surface area (Å²) in [4.78, 5) is 0. The summed E-state index contributed by atoms with van der Waals surface area (Å²) in [6, 6.07) is 16.3. The Kier molecular flexibility index (Phi) is 7.52. The van der Waals surface area contributed by atoms with Crippen molar-refractivity contribution in [1.82, 2.24) is 5.32 Å². The minimum atomic E-state index is 0. The fourth-order valence-electron chi connectivity index (χ4n) is 6.74. The zero-order valence-corrected chi connectivity index (χ0v) is 19.9. The summed E-state index contributed by atoms with van der Waals surface area (Å²) >= 11 is 6.23. The second-order valence-electron chi connectivity index (χ2n) is 10.0. The number of halogens is 2. The molecule has 0 aromatic heterocycles. The fraction of sp³-hybridized carbons (Fsp3) is 0.556. The van der Waals surface area contributed by atoms with Gasteiger partial charge in [-0.2, -0.15) is 0 Å². The van der Waals surface area contributed by atoms with Crippen molar-refractivity contribution >= 4 is 24.0 Å². The zero-order chi connectivity index (χ0) is 20.4. The van der Waals surface area contributed by atoms with E-state index >= 15 is 0 Å². The Balaban J connectivity index is 0.00000231. The van der Waals surface area contributed by atoms with E-state index in [1.165, 1.54) is 57.9 Å². The van der Waals surface area contributed by atoms with Gasteiger partial charge in [-0.1, -0.05) is 41.9 Å². The van der Waals surface area contributed by atoms with Gasteiger partial charge in [0.1, 0.15) is 5.75 Å². The molecule has 0 atom stereocenters. The van der Waals surface area contributed by atoms with Crippen LogP contribution in [0.5, 0.6) is 5.75 Å². The standard InChI is InChI=1S/C27H34ClNO.ClH/c28-24-9-10-26(25(16-24)23-7-3-1-4-8-23)30-12-6-2-5-11-29-27-17-20-13-21(18-27)15-22(14-20)19-27;/h1,3-4,7-10,16,20-22,29H,2,5-6,11-15,17-19H2;1H. The molecule has 31 heavy (non-hydrogen) atoms. The van der Waals surface area contributed by atoms with Gasteiger partial charge in [-0.25, -0.2) is 0 Å². The molecular formula is C27H35Cl2NO. The highest BCUT2D eigenvalue weighted by atomic mass is 35.5. The van der Waals surface area contributed by atoms with Crippen LogP contribution in [0.3, 0.4) is 0 Å². The minimum Gasteiger partial charge on any atom is -0.493 e. The van der Waals surface area contributed by atoms with Crippen LogP contribution in [0, 0.1) is 17.8 Å². The van der Waals surface area contributed by atoms with E-state index in [4.69, 9.17) is 16.3 Å². The molecule has 0 saturated heterocycles. The summed E-state index contributed by atoms with van der Waals surface area (Å²) in [5.74, 6) is 4.00. The predicted octanol–water partition coefficient (Wildman–Crippen LogP) is 7.54. The van der Waals surface area contributed by atoms with Crippen molar-refractivity contribution < 1.29 is 4.74 Å². The van der Waals surface area contributed by atoms with E-state index in [0.29, 0.717) is 5.54 Å². The van der Waals surface area contributed by atoms with Crippen molar-refractivity contribution in [3.05, 3.63) is 53.6 Å². The van der Waals surface area contributed by atoms with Gasteiger partial charge in [0.2, 0.25) is 0 Å². The van der Waals surface area contributed by atoms with E-state index in [0.717, 1.165) is 52.7 Å². The number of hydrogen-bond acceptors (Lipinski definition) is 2. The molecule has 0 radical (unpaired) electrons. The summed E-state index contributed by atoms with van der Waals surface area (Å²) in [7, 11) is 0. The topological polar surface area (TPSA) is 21.3 Å². The Morgan fingerprint density at radius 1 is 0.871 bits per heavy atom. The Hall–Kier alpha value is -1.22. The van der Waals surface area contributed by atoms with Crippen LogP contribution in [-0.2, 0) is 0 Å². The van der Waals surface area contributed by atoms with E-state index in [1.807, 2.05) is 24.3 Å². The first-order chi connectivity index (χ1) is 14.7. The van der Waals surface area contributed by atoms with Crippen LogP contribution < -0.4 is 10.1 Å². The number of benzene rings is 2. The highest BCUT2D eigenvalue weighted by Crippen LogP contribution is 2.55. The molecule has 4 aliphatic rings. The maximum absolute atomic E-state index is 6.23. The predicted molar refractivity (Wildman–Crippen MR) is 132 cm³/mol. The number of ether oxygens (including phenoxy) is 1. The highest BCUT2D eigenvalue weighted by molar-refractivity contribution is 6.31. The molecule has 4 bridgehead atoms. The van der Waals surface area contributed by atoms with Crippen molar-refractivity contribution in [3.8, 4) is 16.9 Å². The van der Waals surface area contributed by atoms with Crippen molar-refractivity contribution in [1.29, 1.82) is 0 Å². The number of hydrogen-bond donors (Lipinski definition) is 1. The van der Waals surface area contributed by atoms with Gasteiger partial charge in [0.05, 0.1) is 6.61 Å². The zero-order valence-electron chi connectivity index (χ0n) is 18.3. The number of rotatable bonds is 9. The largest absolute Gasteiger partial charge is 0.493 e. The maximum atomic E-state index is 6.23. The molecule has 4 aliphatic carbocycles. The number of nitrogens with one attached hydrogen (secondary N) is 1. The van der Waals surface area contributed by atoms with Gasteiger partial charge < -0.3 is 10.1 Å². The first-order valence-corrected chi connectivity index (χ1v) is 12.3. The third-order valence-corrected chi connectivity index (χ3v) is 7.88. The molecular weight excluding hydrogens is 425 g/mol. The first kappa shape index (κ1) is 23.0. The van der Waals surface area contributed by atoms with Gasteiger partial charge >= 0.3 is 0 Å². The van der Waals surface area contributed by atoms with Gasteiger partial charge in [0.25, 0.3) is 0 Å². The number of unbranched alkanes of at least 4 members (excludes halogenated alkanes) is 2. The summed E-state index contributed by atoms with van der Waals surface area (Å²) in [6.45, 7) is 1.93. The quantitative estimate of drug-likeness (QED) is 0.391. The Morgan fingerprint density at radius 3 is 2.23 bits per heavy atom. The normalized spacial score (nSPS) is 28.4. The van der Waals surface area contributed by atoms with Gasteiger partial charge in [-0.15, -0.1) is 12.4 Å². The molecule has 2 nitrogen and oxygen atoms in total. The molecule has 0 amide bonds. The van der Waals surface area contributed by atoms with E-state index < -0.39 is 0 Å². The van der Waals surface area contributed by atoms with E-state index in [1.54, 1.807) is 0 Å². The lowest BCUT2D eigenvalue weighted by atomic mass is 9.53. The van der Waals surface area contributed by atoms with Crippen molar-refractivity contribution in [3.63, 3.8) is 0 Å². The SMILES string of the molecule is Cl.Clc1ccc(OCCCCCNC23CC4CC(CC(C4)C2)C3)c(-c2ccccc2)c1. The summed E-state index contributed by atoms with van der Waals surface area (Å²) in [6.07, 6.45) is 12.5. The van der Waals surface area contributed by atoms with Crippen LogP contribution in [0.15, 0.2) is 48.5 Å². The van der Waals surface area contributed by atoms with Crippen LogP contribution >= 0.6 is 24.0 Å². The van der Waals surface area contributed by atoms with Crippen molar-refractivity contribution in [2.75, 3.05) is 13.2 Å². The summed E-state index contributed by atoms with van der Waals surface area (Å²) < 4.78 is 6.15. The third kappa shape index (κ3) is 5.41. The smallest absolute Gasteiger partial charge is 0.127 e. The minimum absolute atomic E-state index is 0. The molecule has 1 N–H and O–H groups in total. The molecule has 6 rings (SSSR count). The highest BCUT2D eigenvalue weighted by Gasteiger charge is 2.50. The summed E-state index contributed by atoms with van der Waals surface area (Å²) in [5.41, 5.74) is 2.72. The molecule has 4 saturated carbocycles. The molecule has 2 aromatic rings. The summed E-state index contributed by atoms with van der Waals surface area (Å²) in [5, 5.41) is 4.76. The first-order valence-electron chi connectivity index (χ1n) is 11.9. The fourth-order valence-corrected chi connectivity index (χ4v) is 6.91. The van der Waals surface area contributed by atoms with Crippen molar-refractivity contribution in [2.24, 2.45) is 17.8 Å². The average molecular weight is 460 g/mol. The van der Waals surface area contributed by atoms with Gasteiger partial charge in [-0.3, -0.25) is 0 Å². The van der Waals surface area contributed by atoms with Gasteiger partial charge in [-0.05, 0) is 106 Å². The molecule has 0 spiro atoms. The van der Waals surface area contributed by atoms with Crippen LogP contribution in [0.4, 0.5) is 0 Å². The molecule has 0 heterocycles. The Morgan fingerprint density at radius 2 is 1.55 bits per heavy atom. The maximum Gasteiger partial charge on any atom is 0.127 e. The molecule has 4 heteroatoms. The molecule has 168 valence electrons. The van der Waals surface area contributed by atoms with Crippen molar-refractivity contribution in [2.45, 2.75) is 63.3 Å². The van der Waals surface area contributed by atoms with Crippen LogP contribution in [0.2, 0.25) is 5.02 Å². The lowest BCUT2D eigenvalue weighted by Crippen LogP contribution is -2.58. The molecule has 0 aliphatic heterocycles. The van der Waals surface area contributed by atoms with Gasteiger partial charge in [0, 0.05) is 16.1 Å². The Bertz CT molecular complexity index is 818. The molecule has 0 unspecified atom stereocenters. The third-order valence-electron chi connectivity index (χ3n) is 7.64. The van der Waals surface area contributed by atoms with E-state index in [2.05, 4.69) is 29.6 Å². The second-order valence-corrected chi connectivity index (χ2v) is 10.5. The lowest BCUT2D eigenvalue weighted by molar-refractivity contribution is -0.0196. The molecule has 2 aromatic carbocycles. The Labute approximate surface area is 198 Å². The molecule has 4 fully saturated rings. The van der Waals surface area contributed by atoms with Crippen LogP contribution in [-0.4, -0.2) is 18.7 Å². The lowest BCUT2D eigenvalue weighted by Gasteiger charge is -2.57. The van der Waals surface area contributed by atoms with E-state index in [9.17, 15) is 0 Å². The van der Waals surface area contributed by atoms with Crippen LogP contribution in [0.1, 0.15) is 57.8 Å². The van der Waals surface area contributed by atoms with Crippen LogP contribution in [0.25, 0.3) is 11.1 Å².